The van der Waals surface area contributed by atoms with Crippen LogP contribution < -0.4 is 4.74 Å². The van der Waals surface area contributed by atoms with Crippen LogP contribution in [0.2, 0.25) is 0 Å². The van der Waals surface area contributed by atoms with E-state index in [1.54, 1.807) is 19.5 Å². The average Bonchev–Trinajstić information content (AvgIpc) is 2.62. The first-order valence-corrected chi connectivity index (χ1v) is 7.45. The van der Waals surface area contributed by atoms with Gasteiger partial charge in [0, 0.05) is 18.3 Å². The first kappa shape index (κ1) is 16.6. The second-order valence-electron chi connectivity index (χ2n) is 5.05. The number of ether oxygens (including phenoxy) is 1. The Hall–Kier alpha value is -2.75. The lowest BCUT2D eigenvalue weighted by Crippen LogP contribution is -2.06. The molecule has 1 heterocycles. The summed E-state index contributed by atoms with van der Waals surface area (Å²) in [4.78, 5) is 19.5. The number of nitrogens with zero attached hydrogens (tertiary/aromatic N) is 2. The van der Waals surface area contributed by atoms with Crippen molar-refractivity contribution in [3.63, 3.8) is 0 Å². The fourth-order valence-electron chi connectivity index (χ4n) is 2.26. The van der Waals surface area contributed by atoms with Gasteiger partial charge < -0.3 is 4.74 Å². The molecule has 1 unspecified atom stereocenters. The van der Waals surface area contributed by atoms with Crippen LogP contribution in [0.3, 0.4) is 0 Å². The summed E-state index contributed by atoms with van der Waals surface area (Å²) >= 11 is 0. The normalized spacial score (nSPS) is 12.0. The van der Waals surface area contributed by atoms with E-state index in [1.165, 1.54) is 0 Å². The highest BCUT2D eigenvalue weighted by atomic mass is 16.5. The molecule has 0 aliphatic rings. The predicted octanol–water partition coefficient (Wildman–Crippen LogP) is 3.95. The SMILES string of the molecule is C=CCC=CCC(c1cccc(OC)c1)c1ncc(C=O)cn1. The molecule has 0 radical (unpaired) electrons. The maximum absolute atomic E-state index is 10.8. The monoisotopic (exact) mass is 308 g/mol. The van der Waals surface area contributed by atoms with E-state index in [2.05, 4.69) is 28.7 Å². The van der Waals surface area contributed by atoms with Gasteiger partial charge in [0.2, 0.25) is 0 Å². The van der Waals surface area contributed by atoms with Crippen LogP contribution in [0, 0.1) is 0 Å². The van der Waals surface area contributed by atoms with Crippen molar-refractivity contribution >= 4 is 6.29 Å². The van der Waals surface area contributed by atoms with Crippen LogP contribution in [0.15, 0.2) is 61.5 Å². The molecular weight excluding hydrogens is 288 g/mol. The van der Waals surface area contributed by atoms with Crippen LogP contribution in [0.25, 0.3) is 0 Å². The second-order valence-corrected chi connectivity index (χ2v) is 5.05. The molecule has 0 amide bonds. The van der Waals surface area contributed by atoms with Gasteiger partial charge in [-0.2, -0.15) is 0 Å². The average molecular weight is 308 g/mol. The zero-order valence-corrected chi connectivity index (χ0v) is 13.2. The zero-order chi connectivity index (χ0) is 16.5. The minimum absolute atomic E-state index is 0.00636. The highest BCUT2D eigenvalue weighted by molar-refractivity contribution is 5.73. The summed E-state index contributed by atoms with van der Waals surface area (Å²) < 4.78 is 5.30. The molecule has 118 valence electrons. The molecule has 2 aromatic rings. The van der Waals surface area contributed by atoms with Crippen molar-refractivity contribution in [2.75, 3.05) is 7.11 Å². The summed E-state index contributed by atoms with van der Waals surface area (Å²) in [6.07, 6.45) is 11.5. The molecule has 0 fully saturated rings. The molecule has 1 atom stereocenters. The summed E-state index contributed by atoms with van der Waals surface area (Å²) in [5, 5.41) is 0. The predicted molar refractivity (Wildman–Crippen MR) is 90.8 cm³/mol. The molecule has 4 nitrogen and oxygen atoms in total. The molecule has 0 bridgehead atoms. The first-order chi connectivity index (χ1) is 11.3. The number of carbonyl (C=O) groups excluding carboxylic acids is 1. The molecule has 0 saturated heterocycles. The molecule has 23 heavy (non-hydrogen) atoms. The van der Waals surface area contributed by atoms with Crippen LogP contribution in [0.4, 0.5) is 0 Å². The van der Waals surface area contributed by atoms with Crippen molar-refractivity contribution in [2.24, 2.45) is 0 Å². The van der Waals surface area contributed by atoms with Gasteiger partial charge in [0.05, 0.1) is 12.7 Å². The highest BCUT2D eigenvalue weighted by Crippen LogP contribution is 2.28. The van der Waals surface area contributed by atoms with Gasteiger partial charge in [-0.1, -0.05) is 30.4 Å². The van der Waals surface area contributed by atoms with Crippen LogP contribution in [-0.2, 0) is 0 Å². The number of benzene rings is 1. The molecular formula is C19H20N2O2. The topological polar surface area (TPSA) is 52.1 Å². The molecule has 1 aromatic carbocycles. The number of hydrogen-bond donors (Lipinski definition) is 0. The van der Waals surface area contributed by atoms with E-state index >= 15 is 0 Å². The summed E-state index contributed by atoms with van der Waals surface area (Å²) in [6.45, 7) is 3.71. The Kier molecular flexibility index (Phi) is 6.24. The van der Waals surface area contributed by atoms with Crippen LogP contribution in [0.1, 0.15) is 40.5 Å². The number of allylic oxidation sites excluding steroid dienone is 3. The van der Waals surface area contributed by atoms with Gasteiger partial charge in [0.25, 0.3) is 0 Å². The molecule has 4 heteroatoms. The summed E-state index contributed by atoms with van der Waals surface area (Å²) in [5.41, 5.74) is 1.55. The Morgan fingerprint density at radius 2 is 2.04 bits per heavy atom. The zero-order valence-electron chi connectivity index (χ0n) is 13.2. The number of carbonyl (C=O) groups is 1. The Bertz CT molecular complexity index is 678. The van der Waals surface area contributed by atoms with Crippen LogP contribution in [-0.4, -0.2) is 23.4 Å². The lowest BCUT2D eigenvalue weighted by Gasteiger charge is -2.15. The van der Waals surface area contributed by atoms with Gasteiger partial charge in [-0.3, -0.25) is 4.79 Å². The first-order valence-electron chi connectivity index (χ1n) is 7.45. The second kappa shape index (κ2) is 8.63. The van der Waals surface area contributed by atoms with Crippen LogP contribution in [0.5, 0.6) is 5.75 Å². The van der Waals surface area contributed by atoms with Crippen molar-refractivity contribution in [3.05, 3.63) is 78.4 Å². The number of methoxy groups -OCH3 is 1. The standard InChI is InChI=1S/C19H20N2O2/c1-3-4-5-6-10-18(16-8-7-9-17(11-16)23-2)19-20-12-15(14-22)13-21-19/h3,5-9,11-14,18H,1,4,10H2,2H3. The Morgan fingerprint density at radius 3 is 2.70 bits per heavy atom. The number of rotatable bonds is 8. The third-order valence-electron chi connectivity index (χ3n) is 3.48. The van der Waals surface area contributed by atoms with Crippen molar-refractivity contribution in [3.8, 4) is 5.75 Å². The van der Waals surface area contributed by atoms with Crippen molar-refractivity contribution in [2.45, 2.75) is 18.8 Å². The summed E-state index contributed by atoms with van der Waals surface area (Å²) in [7, 11) is 1.65. The molecule has 0 aliphatic carbocycles. The Morgan fingerprint density at radius 1 is 1.26 bits per heavy atom. The van der Waals surface area contributed by atoms with Gasteiger partial charge in [0.15, 0.2) is 6.29 Å². The molecule has 2 rings (SSSR count). The minimum Gasteiger partial charge on any atom is -0.497 e. The fourth-order valence-corrected chi connectivity index (χ4v) is 2.26. The van der Waals surface area contributed by atoms with Gasteiger partial charge in [0.1, 0.15) is 11.6 Å². The molecule has 0 aliphatic heterocycles. The van der Waals surface area contributed by atoms with Gasteiger partial charge in [-0.05, 0) is 30.5 Å². The molecule has 0 spiro atoms. The van der Waals surface area contributed by atoms with Crippen LogP contribution >= 0.6 is 0 Å². The smallest absolute Gasteiger partial charge is 0.153 e. The Balaban J connectivity index is 2.32. The minimum atomic E-state index is 0.00636. The lowest BCUT2D eigenvalue weighted by molar-refractivity contribution is 0.112. The molecule has 1 aromatic heterocycles. The van der Waals surface area contributed by atoms with E-state index < -0.39 is 0 Å². The maximum atomic E-state index is 10.8. The van der Waals surface area contributed by atoms with E-state index in [4.69, 9.17) is 4.74 Å². The number of aldehydes is 1. The number of aromatic nitrogens is 2. The van der Waals surface area contributed by atoms with Crippen molar-refractivity contribution in [1.29, 1.82) is 0 Å². The molecule has 0 saturated carbocycles. The van der Waals surface area contributed by atoms with Gasteiger partial charge in [-0.15, -0.1) is 6.58 Å². The van der Waals surface area contributed by atoms with E-state index in [0.717, 1.165) is 30.4 Å². The lowest BCUT2D eigenvalue weighted by atomic mass is 9.94. The summed E-state index contributed by atoms with van der Waals surface area (Å²) in [6, 6.07) is 7.88. The largest absolute Gasteiger partial charge is 0.497 e. The van der Waals surface area contributed by atoms with E-state index in [9.17, 15) is 4.79 Å². The van der Waals surface area contributed by atoms with E-state index in [1.807, 2.05) is 30.3 Å². The fraction of sp³-hybridized carbons (Fsp3) is 0.211. The summed E-state index contributed by atoms with van der Waals surface area (Å²) in [5.74, 6) is 1.49. The quantitative estimate of drug-likeness (QED) is 0.547. The maximum Gasteiger partial charge on any atom is 0.153 e. The van der Waals surface area contributed by atoms with E-state index in [-0.39, 0.29) is 5.92 Å². The van der Waals surface area contributed by atoms with Crippen molar-refractivity contribution in [1.82, 2.24) is 9.97 Å². The number of hydrogen-bond acceptors (Lipinski definition) is 4. The molecule has 0 N–H and O–H groups in total. The van der Waals surface area contributed by atoms with E-state index in [0.29, 0.717) is 11.4 Å². The highest BCUT2D eigenvalue weighted by Gasteiger charge is 2.16. The van der Waals surface area contributed by atoms with Gasteiger partial charge in [-0.25, -0.2) is 9.97 Å². The van der Waals surface area contributed by atoms with Crippen molar-refractivity contribution < 1.29 is 9.53 Å². The third-order valence-corrected chi connectivity index (χ3v) is 3.48. The third kappa shape index (κ3) is 4.61. The Labute approximate surface area is 136 Å². The van der Waals surface area contributed by atoms with Gasteiger partial charge >= 0.3 is 0 Å².